The van der Waals surface area contributed by atoms with E-state index in [-0.39, 0.29) is 6.10 Å². The van der Waals surface area contributed by atoms with Crippen LogP contribution in [0.5, 0.6) is 0 Å². The first-order valence-electron chi connectivity index (χ1n) is 9.16. The highest BCUT2D eigenvalue weighted by Gasteiger charge is 2.40. The van der Waals surface area contributed by atoms with E-state index in [1.54, 1.807) is 0 Å². The van der Waals surface area contributed by atoms with Gasteiger partial charge in [0.05, 0.1) is 6.10 Å². The van der Waals surface area contributed by atoms with Crippen LogP contribution < -0.4 is 0 Å². The van der Waals surface area contributed by atoms with Crippen LogP contribution >= 0.6 is 0 Å². The van der Waals surface area contributed by atoms with Crippen LogP contribution in [-0.2, 0) is 0 Å². The van der Waals surface area contributed by atoms with Crippen molar-refractivity contribution in [1.82, 2.24) is 0 Å². The van der Waals surface area contributed by atoms with E-state index in [4.69, 9.17) is 0 Å². The van der Waals surface area contributed by atoms with Crippen molar-refractivity contribution < 1.29 is 10.2 Å². The highest BCUT2D eigenvalue weighted by atomic mass is 16.3. The van der Waals surface area contributed by atoms with Gasteiger partial charge < -0.3 is 10.2 Å². The molecule has 2 nitrogen and oxygen atoms in total. The Bertz CT molecular complexity index is 263. The molecule has 0 saturated heterocycles. The number of rotatable bonds is 12. The van der Waals surface area contributed by atoms with Gasteiger partial charge in [0.15, 0.2) is 0 Å². The van der Waals surface area contributed by atoms with E-state index in [1.807, 2.05) is 0 Å². The zero-order valence-electron chi connectivity index (χ0n) is 14.7. The van der Waals surface area contributed by atoms with Gasteiger partial charge in [0, 0.05) is 6.61 Å². The van der Waals surface area contributed by atoms with Gasteiger partial charge in [-0.2, -0.15) is 0 Å². The maximum absolute atomic E-state index is 9.99. The van der Waals surface area contributed by atoms with E-state index in [2.05, 4.69) is 20.8 Å². The van der Waals surface area contributed by atoms with Crippen molar-refractivity contribution in [3.63, 3.8) is 0 Å². The number of hydrogen-bond acceptors (Lipinski definition) is 2. The fourth-order valence-electron chi connectivity index (χ4n) is 3.08. The van der Waals surface area contributed by atoms with Crippen LogP contribution in [0.4, 0.5) is 0 Å². The van der Waals surface area contributed by atoms with Gasteiger partial charge >= 0.3 is 0 Å². The van der Waals surface area contributed by atoms with Crippen molar-refractivity contribution in [2.45, 2.75) is 104 Å². The lowest BCUT2D eigenvalue weighted by atomic mass is 9.89. The Kier molecular flexibility index (Phi) is 8.26. The Morgan fingerprint density at radius 3 is 1.95 bits per heavy atom. The Balaban J connectivity index is 1.86. The SMILES string of the molecule is CC(C)(C)CCCCCC(O)CCCCCC1(CO)CC1. The summed E-state index contributed by atoms with van der Waals surface area (Å²) >= 11 is 0. The molecule has 0 heterocycles. The van der Waals surface area contributed by atoms with Crippen LogP contribution in [-0.4, -0.2) is 22.9 Å². The molecule has 1 rings (SSSR count). The van der Waals surface area contributed by atoms with Crippen LogP contribution in [0, 0.1) is 10.8 Å². The van der Waals surface area contributed by atoms with Crippen LogP contribution in [0.3, 0.4) is 0 Å². The normalized spacial score (nSPS) is 18.7. The summed E-state index contributed by atoms with van der Waals surface area (Å²) in [6.45, 7) is 7.27. The standard InChI is InChI=1S/C19H38O2/c1-18(2,3)12-8-4-6-10-17(21)11-7-5-9-13-19(16-20)14-15-19/h17,20-21H,4-16H2,1-3H3. The highest BCUT2D eigenvalue weighted by molar-refractivity contribution is 4.91. The monoisotopic (exact) mass is 298 g/mol. The topological polar surface area (TPSA) is 40.5 Å². The van der Waals surface area contributed by atoms with E-state index in [0.29, 0.717) is 17.4 Å². The Morgan fingerprint density at radius 2 is 1.48 bits per heavy atom. The summed E-state index contributed by atoms with van der Waals surface area (Å²) in [6, 6.07) is 0. The number of aliphatic hydroxyl groups excluding tert-OH is 2. The van der Waals surface area contributed by atoms with Gasteiger partial charge in [-0.1, -0.05) is 59.3 Å². The van der Waals surface area contributed by atoms with E-state index < -0.39 is 0 Å². The molecule has 2 N–H and O–H groups in total. The van der Waals surface area contributed by atoms with Gasteiger partial charge in [-0.15, -0.1) is 0 Å². The summed E-state index contributed by atoms with van der Waals surface area (Å²) in [6.07, 6.45) is 14.1. The molecule has 1 atom stereocenters. The Morgan fingerprint density at radius 1 is 0.905 bits per heavy atom. The highest BCUT2D eigenvalue weighted by Crippen LogP contribution is 2.49. The number of aliphatic hydroxyl groups is 2. The second-order valence-corrected chi connectivity index (χ2v) is 8.57. The van der Waals surface area contributed by atoms with Crippen molar-refractivity contribution >= 4 is 0 Å². The maximum Gasteiger partial charge on any atom is 0.0540 e. The van der Waals surface area contributed by atoms with Crippen LogP contribution in [0.15, 0.2) is 0 Å². The number of unbranched alkanes of at least 4 members (excludes halogenated alkanes) is 4. The quantitative estimate of drug-likeness (QED) is 0.494. The summed E-state index contributed by atoms with van der Waals surface area (Å²) in [7, 11) is 0. The molecule has 2 heteroatoms. The Labute approximate surface area is 132 Å². The van der Waals surface area contributed by atoms with Gasteiger partial charge in [-0.25, -0.2) is 0 Å². The van der Waals surface area contributed by atoms with Crippen molar-refractivity contribution in [1.29, 1.82) is 0 Å². The molecule has 1 aliphatic rings. The summed E-state index contributed by atoms with van der Waals surface area (Å²) in [5, 5.41) is 19.2. The van der Waals surface area contributed by atoms with Crippen molar-refractivity contribution in [2.24, 2.45) is 10.8 Å². The molecule has 0 aromatic heterocycles. The predicted octanol–water partition coefficient (Wildman–Crippen LogP) is 5.07. The molecule has 0 aliphatic heterocycles. The molecule has 21 heavy (non-hydrogen) atoms. The van der Waals surface area contributed by atoms with Gasteiger partial charge in [-0.3, -0.25) is 0 Å². The van der Waals surface area contributed by atoms with Crippen molar-refractivity contribution in [3.8, 4) is 0 Å². The van der Waals surface area contributed by atoms with E-state index in [0.717, 1.165) is 19.3 Å². The fraction of sp³-hybridized carbons (Fsp3) is 1.00. The zero-order chi connectivity index (χ0) is 15.8. The molecule has 0 aromatic carbocycles. The summed E-state index contributed by atoms with van der Waals surface area (Å²) in [4.78, 5) is 0. The first-order chi connectivity index (χ1) is 9.87. The molecule has 1 unspecified atom stereocenters. The van der Waals surface area contributed by atoms with Gasteiger partial charge in [0.25, 0.3) is 0 Å². The predicted molar refractivity (Wildman–Crippen MR) is 90.4 cm³/mol. The van der Waals surface area contributed by atoms with Gasteiger partial charge in [0.1, 0.15) is 0 Å². The molecule has 1 aliphatic carbocycles. The molecule has 1 saturated carbocycles. The lowest BCUT2D eigenvalue weighted by Gasteiger charge is -2.17. The third kappa shape index (κ3) is 9.52. The Hall–Kier alpha value is -0.0800. The molecular weight excluding hydrogens is 260 g/mol. The van der Waals surface area contributed by atoms with Crippen LogP contribution in [0.1, 0.15) is 97.8 Å². The molecule has 0 radical (unpaired) electrons. The molecule has 1 fully saturated rings. The minimum atomic E-state index is -0.0904. The minimum Gasteiger partial charge on any atom is -0.396 e. The zero-order valence-corrected chi connectivity index (χ0v) is 14.7. The van der Waals surface area contributed by atoms with E-state index in [1.165, 1.54) is 57.8 Å². The summed E-state index contributed by atoms with van der Waals surface area (Å²) in [5.74, 6) is 0. The van der Waals surface area contributed by atoms with Gasteiger partial charge in [0.2, 0.25) is 0 Å². The molecule has 0 bridgehead atoms. The second-order valence-electron chi connectivity index (χ2n) is 8.57. The lowest BCUT2D eigenvalue weighted by Crippen LogP contribution is -2.08. The smallest absolute Gasteiger partial charge is 0.0540 e. The molecule has 0 amide bonds. The summed E-state index contributed by atoms with van der Waals surface area (Å²) in [5.41, 5.74) is 0.762. The molecule has 126 valence electrons. The lowest BCUT2D eigenvalue weighted by molar-refractivity contribution is 0.145. The number of hydrogen-bond donors (Lipinski definition) is 2. The maximum atomic E-state index is 9.99. The van der Waals surface area contributed by atoms with Crippen LogP contribution in [0.25, 0.3) is 0 Å². The average molecular weight is 299 g/mol. The largest absolute Gasteiger partial charge is 0.396 e. The fourth-order valence-corrected chi connectivity index (χ4v) is 3.08. The van der Waals surface area contributed by atoms with Crippen molar-refractivity contribution in [2.75, 3.05) is 6.61 Å². The van der Waals surface area contributed by atoms with E-state index >= 15 is 0 Å². The first kappa shape index (κ1) is 19.0. The molecule has 0 aromatic rings. The van der Waals surface area contributed by atoms with Crippen LogP contribution in [0.2, 0.25) is 0 Å². The average Bonchev–Trinajstić information content (AvgIpc) is 3.17. The van der Waals surface area contributed by atoms with Gasteiger partial charge in [-0.05, 0) is 49.4 Å². The summed E-state index contributed by atoms with van der Waals surface area (Å²) < 4.78 is 0. The van der Waals surface area contributed by atoms with E-state index in [9.17, 15) is 10.2 Å². The third-order valence-electron chi connectivity index (χ3n) is 5.00. The second kappa shape index (κ2) is 9.15. The minimum absolute atomic E-state index is 0.0904. The third-order valence-corrected chi connectivity index (χ3v) is 5.00. The molecule has 0 spiro atoms. The first-order valence-corrected chi connectivity index (χ1v) is 9.16. The van der Waals surface area contributed by atoms with Crippen molar-refractivity contribution in [3.05, 3.63) is 0 Å². The molecular formula is C19H38O2.